The van der Waals surface area contributed by atoms with Gasteiger partial charge in [0.1, 0.15) is 18.2 Å². The fraction of sp³-hybridized carbons (Fsp3) is 0.312. The highest BCUT2D eigenvalue weighted by Gasteiger charge is 2.07. The third-order valence-corrected chi connectivity index (χ3v) is 3.47. The van der Waals surface area contributed by atoms with Crippen LogP contribution >= 0.6 is 11.6 Å². The van der Waals surface area contributed by atoms with Gasteiger partial charge in [-0.05, 0) is 36.6 Å². The average Bonchev–Trinajstić information content (AvgIpc) is 2.46. The highest BCUT2D eigenvalue weighted by atomic mass is 35.5. The van der Waals surface area contributed by atoms with Gasteiger partial charge in [-0.15, -0.1) is 0 Å². The van der Waals surface area contributed by atoms with Crippen LogP contribution in [0.1, 0.15) is 24.5 Å². The first-order valence-electron chi connectivity index (χ1n) is 6.84. The molecule has 0 bridgehead atoms. The van der Waals surface area contributed by atoms with Crippen molar-refractivity contribution in [2.45, 2.75) is 32.4 Å². The standard InChI is InChI=1S/C16H18ClFN2O/c1-2-14(19)6-11-3-4-16(15(17)7-11)21-10-12-5-13(18)9-20-8-12/h3-5,7-9,14H,2,6,10,19H2,1H3. The predicted molar refractivity (Wildman–Crippen MR) is 81.9 cm³/mol. The van der Waals surface area contributed by atoms with E-state index in [9.17, 15) is 4.39 Å². The lowest BCUT2D eigenvalue weighted by atomic mass is 10.0. The molecule has 1 heterocycles. The minimum Gasteiger partial charge on any atom is -0.487 e. The van der Waals surface area contributed by atoms with Crippen LogP contribution in [0.4, 0.5) is 4.39 Å². The molecule has 3 nitrogen and oxygen atoms in total. The Balaban J connectivity index is 2.01. The molecule has 2 aromatic rings. The van der Waals surface area contributed by atoms with E-state index in [1.807, 2.05) is 18.2 Å². The number of nitrogens with two attached hydrogens (primary N) is 1. The normalized spacial score (nSPS) is 12.2. The maximum atomic E-state index is 13.0. The van der Waals surface area contributed by atoms with Gasteiger partial charge in [-0.1, -0.05) is 24.6 Å². The molecule has 0 spiro atoms. The lowest BCUT2D eigenvalue weighted by Gasteiger charge is -2.12. The van der Waals surface area contributed by atoms with Gasteiger partial charge in [0.2, 0.25) is 0 Å². The van der Waals surface area contributed by atoms with Crippen LogP contribution in [-0.2, 0) is 13.0 Å². The van der Waals surface area contributed by atoms with E-state index >= 15 is 0 Å². The molecule has 112 valence electrons. The number of benzene rings is 1. The molecule has 21 heavy (non-hydrogen) atoms. The van der Waals surface area contributed by atoms with Gasteiger partial charge in [-0.25, -0.2) is 4.39 Å². The molecule has 0 aliphatic rings. The summed E-state index contributed by atoms with van der Waals surface area (Å²) in [6.07, 6.45) is 4.42. The molecule has 0 aliphatic heterocycles. The second-order valence-electron chi connectivity index (χ2n) is 4.94. The number of aromatic nitrogens is 1. The number of halogens is 2. The van der Waals surface area contributed by atoms with Crippen LogP contribution in [0.5, 0.6) is 5.75 Å². The Morgan fingerprint density at radius 3 is 2.76 bits per heavy atom. The zero-order valence-electron chi connectivity index (χ0n) is 11.9. The number of ether oxygens (including phenoxy) is 1. The molecule has 1 aromatic carbocycles. The summed E-state index contributed by atoms with van der Waals surface area (Å²) in [5, 5.41) is 0.528. The minimum absolute atomic E-state index is 0.131. The fourth-order valence-electron chi connectivity index (χ4n) is 1.93. The second-order valence-corrected chi connectivity index (χ2v) is 5.34. The molecule has 1 atom stereocenters. The van der Waals surface area contributed by atoms with E-state index in [4.69, 9.17) is 22.1 Å². The van der Waals surface area contributed by atoms with Crippen LogP contribution in [-0.4, -0.2) is 11.0 Å². The Kier molecular flexibility index (Phi) is 5.53. The first-order valence-corrected chi connectivity index (χ1v) is 7.22. The molecule has 0 saturated carbocycles. The van der Waals surface area contributed by atoms with Gasteiger partial charge in [-0.2, -0.15) is 0 Å². The van der Waals surface area contributed by atoms with Crippen LogP contribution < -0.4 is 10.5 Å². The van der Waals surface area contributed by atoms with Gasteiger partial charge in [0, 0.05) is 17.8 Å². The van der Waals surface area contributed by atoms with Crippen LogP contribution in [0.2, 0.25) is 5.02 Å². The van der Waals surface area contributed by atoms with Crippen LogP contribution in [0.25, 0.3) is 0 Å². The third-order valence-electron chi connectivity index (χ3n) is 3.17. The molecule has 2 rings (SSSR count). The van der Waals surface area contributed by atoms with E-state index < -0.39 is 0 Å². The number of nitrogens with zero attached hydrogens (tertiary/aromatic N) is 1. The van der Waals surface area contributed by atoms with E-state index in [1.165, 1.54) is 6.07 Å². The topological polar surface area (TPSA) is 48.1 Å². The molecule has 2 N–H and O–H groups in total. The third kappa shape index (κ3) is 4.69. The Hall–Kier alpha value is -1.65. The van der Waals surface area contributed by atoms with Gasteiger partial charge in [0.05, 0.1) is 11.2 Å². The van der Waals surface area contributed by atoms with Crippen molar-refractivity contribution in [1.82, 2.24) is 4.98 Å². The van der Waals surface area contributed by atoms with Crippen molar-refractivity contribution in [2.75, 3.05) is 0 Å². The lowest BCUT2D eigenvalue weighted by molar-refractivity contribution is 0.305. The molecule has 0 amide bonds. The summed E-state index contributed by atoms with van der Waals surface area (Å²) in [5.41, 5.74) is 7.66. The molecule has 0 aliphatic carbocycles. The van der Waals surface area contributed by atoms with E-state index in [1.54, 1.807) is 6.20 Å². The first kappa shape index (κ1) is 15.7. The average molecular weight is 309 g/mol. The van der Waals surface area contributed by atoms with Crippen LogP contribution in [0, 0.1) is 5.82 Å². The molecule has 0 radical (unpaired) electrons. The van der Waals surface area contributed by atoms with Crippen molar-refractivity contribution in [3.8, 4) is 5.75 Å². The van der Waals surface area contributed by atoms with Crippen molar-refractivity contribution in [2.24, 2.45) is 5.73 Å². The number of rotatable bonds is 6. The Morgan fingerprint density at radius 2 is 2.10 bits per heavy atom. The van der Waals surface area contributed by atoms with Gasteiger partial charge in [0.15, 0.2) is 0 Å². The van der Waals surface area contributed by atoms with E-state index in [2.05, 4.69) is 11.9 Å². The number of hydrogen-bond acceptors (Lipinski definition) is 3. The van der Waals surface area contributed by atoms with Gasteiger partial charge >= 0.3 is 0 Å². The molecular weight excluding hydrogens is 291 g/mol. The molecule has 0 fully saturated rings. The molecular formula is C16H18ClFN2O. The van der Waals surface area contributed by atoms with Gasteiger partial charge < -0.3 is 10.5 Å². The SMILES string of the molecule is CCC(N)Cc1ccc(OCc2cncc(F)c2)c(Cl)c1. The van der Waals surface area contributed by atoms with Crippen molar-refractivity contribution in [3.05, 3.63) is 58.6 Å². The predicted octanol–water partition coefficient (Wildman–Crippen LogP) is 3.73. The largest absolute Gasteiger partial charge is 0.487 e. The van der Waals surface area contributed by atoms with E-state index in [0.29, 0.717) is 16.3 Å². The smallest absolute Gasteiger partial charge is 0.141 e. The van der Waals surface area contributed by atoms with Crippen LogP contribution in [0.15, 0.2) is 36.7 Å². The Morgan fingerprint density at radius 1 is 1.29 bits per heavy atom. The van der Waals surface area contributed by atoms with Crippen LogP contribution in [0.3, 0.4) is 0 Å². The fourth-order valence-corrected chi connectivity index (χ4v) is 2.19. The number of hydrogen-bond donors (Lipinski definition) is 1. The molecule has 1 unspecified atom stereocenters. The summed E-state index contributed by atoms with van der Waals surface area (Å²) >= 11 is 6.20. The highest BCUT2D eigenvalue weighted by Crippen LogP contribution is 2.26. The summed E-state index contributed by atoms with van der Waals surface area (Å²) in [4.78, 5) is 3.77. The summed E-state index contributed by atoms with van der Waals surface area (Å²) < 4.78 is 18.6. The van der Waals surface area contributed by atoms with Gasteiger partial charge in [-0.3, -0.25) is 4.98 Å². The van der Waals surface area contributed by atoms with Crippen molar-refractivity contribution < 1.29 is 9.13 Å². The number of pyridine rings is 1. The quantitative estimate of drug-likeness (QED) is 0.884. The monoisotopic (exact) mass is 308 g/mol. The molecule has 0 saturated heterocycles. The van der Waals surface area contributed by atoms with Crippen molar-refractivity contribution in [1.29, 1.82) is 0 Å². The lowest BCUT2D eigenvalue weighted by Crippen LogP contribution is -2.21. The second kappa shape index (κ2) is 7.38. The zero-order chi connectivity index (χ0) is 15.2. The summed E-state index contributed by atoms with van der Waals surface area (Å²) in [6.45, 7) is 2.27. The highest BCUT2D eigenvalue weighted by molar-refractivity contribution is 6.32. The minimum atomic E-state index is -0.383. The zero-order valence-corrected chi connectivity index (χ0v) is 12.6. The van der Waals surface area contributed by atoms with Crippen molar-refractivity contribution in [3.63, 3.8) is 0 Å². The maximum absolute atomic E-state index is 13.0. The van der Waals surface area contributed by atoms with Crippen molar-refractivity contribution >= 4 is 11.6 Å². The Bertz CT molecular complexity index is 607. The Labute approximate surface area is 128 Å². The molecule has 1 aromatic heterocycles. The van der Waals surface area contributed by atoms with E-state index in [0.717, 1.165) is 24.6 Å². The maximum Gasteiger partial charge on any atom is 0.141 e. The summed E-state index contributed by atoms with van der Waals surface area (Å²) in [6, 6.07) is 7.13. The summed E-state index contributed by atoms with van der Waals surface area (Å²) in [5.74, 6) is 0.181. The van der Waals surface area contributed by atoms with Gasteiger partial charge in [0.25, 0.3) is 0 Å². The van der Waals surface area contributed by atoms with E-state index in [-0.39, 0.29) is 18.5 Å². The summed E-state index contributed by atoms with van der Waals surface area (Å²) in [7, 11) is 0. The molecule has 5 heteroatoms. The first-order chi connectivity index (χ1) is 10.1.